The van der Waals surface area contributed by atoms with Crippen molar-refractivity contribution in [2.45, 2.75) is 39.5 Å². The molecule has 0 unspecified atom stereocenters. The topological polar surface area (TPSA) is 102 Å². The van der Waals surface area contributed by atoms with Crippen LogP contribution in [0, 0.1) is 5.41 Å². The molecular formula is C24H29ClIN7O2S. The lowest BCUT2D eigenvalue weighted by Gasteiger charge is -2.41. The van der Waals surface area contributed by atoms with Gasteiger partial charge in [-0.25, -0.2) is 15.0 Å². The first-order valence-electron chi connectivity index (χ1n) is 11.9. The Morgan fingerprint density at radius 2 is 2.03 bits per heavy atom. The fourth-order valence-electron chi connectivity index (χ4n) is 4.75. The normalized spacial score (nSPS) is 21.7. The Morgan fingerprint density at radius 3 is 2.67 bits per heavy atom. The Labute approximate surface area is 232 Å². The van der Waals surface area contributed by atoms with Gasteiger partial charge in [0.2, 0.25) is 0 Å². The average molecular weight is 642 g/mol. The number of hydrogen-bond donors (Lipinski definition) is 1. The highest BCUT2D eigenvalue weighted by Gasteiger charge is 2.48. The molecule has 2 atom stereocenters. The summed E-state index contributed by atoms with van der Waals surface area (Å²) in [5.41, 5.74) is 6.95. The molecule has 0 amide bonds. The molecule has 2 fully saturated rings. The van der Waals surface area contributed by atoms with Gasteiger partial charge in [-0.3, -0.25) is 9.36 Å². The van der Waals surface area contributed by atoms with E-state index in [1.54, 1.807) is 23.3 Å². The second-order valence-electron chi connectivity index (χ2n) is 9.67. The quantitative estimate of drug-likeness (QED) is 0.321. The number of benzene rings is 1. The standard InChI is InChI=1S/C24H29ClIN7O2S/c1-31(2)9-10-33-14-30-15-3-4-16(20(25)19(15)23(33)34)36-18-12-28-17(11-29-18)32-7-5-24(6-8-32)13-35-22(26)21(24)27/h3-4,11-12,14,21-22H,5-10,13,27H2,1-2H3/t21-,22-/m1/s1. The van der Waals surface area contributed by atoms with E-state index in [0.717, 1.165) is 49.8 Å². The number of anilines is 1. The van der Waals surface area contributed by atoms with Gasteiger partial charge in [-0.05, 0) is 61.7 Å². The molecule has 0 saturated carbocycles. The van der Waals surface area contributed by atoms with Crippen molar-refractivity contribution in [2.24, 2.45) is 11.1 Å². The summed E-state index contributed by atoms with van der Waals surface area (Å²) in [5.74, 6) is 0.852. The molecule has 1 spiro atoms. The van der Waals surface area contributed by atoms with Gasteiger partial charge in [0.25, 0.3) is 5.56 Å². The van der Waals surface area contributed by atoms with Gasteiger partial charge in [0, 0.05) is 42.5 Å². The number of nitrogens with zero attached hydrogens (tertiary/aromatic N) is 6. The predicted molar refractivity (Wildman–Crippen MR) is 151 cm³/mol. The van der Waals surface area contributed by atoms with E-state index in [1.165, 1.54) is 11.8 Å². The fourth-order valence-corrected chi connectivity index (χ4v) is 6.81. The molecule has 9 nitrogen and oxygen atoms in total. The van der Waals surface area contributed by atoms with Crippen LogP contribution in [-0.2, 0) is 11.3 Å². The van der Waals surface area contributed by atoms with Gasteiger partial charge < -0.3 is 20.3 Å². The van der Waals surface area contributed by atoms with Crippen molar-refractivity contribution in [3.63, 3.8) is 0 Å². The minimum atomic E-state index is -0.139. The number of likely N-dealkylation sites (N-methyl/N-ethyl adjacent to an activating group) is 1. The number of ether oxygens (including phenoxy) is 1. The summed E-state index contributed by atoms with van der Waals surface area (Å²) < 4.78 is 7.51. The van der Waals surface area contributed by atoms with Gasteiger partial charge in [0.05, 0.1) is 41.3 Å². The third kappa shape index (κ3) is 5.10. The highest BCUT2D eigenvalue weighted by atomic mass is 127. The van der Waals surface area contributed by atoms with E-state index in [4.69, 9.17) is 22.1 Å². The Bertz CT molecular complexity index is 1300. The molecule has 192 valence electrons. The smallest absolute Gasteiger partial charge is 0.262 e. The van der Waals surface area contributed by atoms with E-state index in [9.17, 15) is 4.79 Å². The first-order chi connectivity index (χ1) is 17.3. The van der Waals surface area contributed by atoms with Crippen LogP contribution in [0.3, 0.4) is 0 Å². The maximum atomic E-state index is 13.1. The molecule has 2 aliphatic rings. The second kappa shape index (κ2) is 10.7. The molecular weight excluding hydrogens is 613 g/mol. The van der Waals surface area contributed by atoms with Crippen molar-refractivity contribution in [1.29, 1.82) is 0 Å². The number of nitrogens with two attached hydrogens (primary N) is 1. The van der Waals surface area contributed by atoms with Gasteiger partial charge in [-0.15, -0.1) is 0 Å². The minimum Gasteiger partial charge on any atom is -0.366 e. The molecule has 12 heteroatoms. The second-order valence-corrected chi connectivity index (χ2v) is 12.3. The highest BCUT2D eigenvalue weighted by molar-refractivity contribution is 14.1. The van der Waals surface area contributed by atoms with Crippen LogP contribution in [0.1, 0.15) is 12.8 Å². The maximum Gasteiger partial charge on any atom is 0.262 e. The summed E-state index contributed by atoms with van der Waals surface area (Å²) in [6.45, 7) is 3.78. The Morgan fingerprint density at radius 1 is 1.25 bits per heavy atom. The zero-order valence-electron chi connectivity index (χ0n) is 20.2. The van der Waals surface area contributed by atoms with Crippen molar-refractivity contribution in [2.75, 3.05) is 45.2 Å². The molecule has 0 aliphatic carbocycles. The summed E-state index contributed by atoms with van der Waals surface area (Å²) in [7, 11) is 3.94. The zero-order chi connectivity index (χ0) is 25.4. The molecule has 0 radical (unpaired) electrons. The Kier molecular flexibility index (Phi) is 7.76. The molecule has 3 aromatic rings. The SMILES string of the molecule is CN(C)CCn1cnc2ccc(Sc3cnc(N4CCC5(CC4)CO[C@@H](I)[C@H]5N)cn3)c(Cl)c2c1=O. The molecule has 36 heavy (non-hydrogen) atoms. The lowest BCUT2D eigenvalue weighted by molar-refractivity contribution is 0.127. The monoisotopic (exact) mass is 641 g/mol. The molecule has 2 aliphatic heterocycles. The number of hydrogen-bond acceptors (Lipinski definition) is 9. The van der Waals surface area contributed by atoms with Crippen LogP contribution in [0.2, 0.25) is 5.02 Å². The molecule has 5 rings (SSSR count). The summed E-state index contributed by atoms with van der Waals surface area (Å²) in [6, 6.07) is 3.77. The third-order valence-electron chi connectivity index (χ3n) is 7.12. The highest BCUT2D eigenvalue weighted by Crippen LogP contribution is 2.43. The number of alkyl halides is 1. The number of halogens is 2. The largest absolute Gasteiger partial charge is 0.366 e. The summed E-state index contributed by atoms with van der Waals surface area (Å²) in [5, 5.41) is 1.53. The van der Waals surface area contributed by atoms with Crippen molar-refractivity contribution < 1.29 is 4.74 Å². The first kappa shape index (κ1) is 26.1. The molecule has 0 bridgehead atoms. The number of rotatable bonds is 6. The predicted octanol–water partition coefficient (Wildman–Crippen LogP) is 3.26. The van der Waals surface area contributed by atoms with E-state index in [1.807, 2.05) is 31.1 Å². The maximum absolute atomic E-state index is 13.1. The van der Waals surface area contributed by atoms with E-state index < -0.39 is 0 Å². The van der Waals surface area contributed by atoms with Crippen LogP contribution in [0.25, 0.3) is 10.9 Å². The van der Waals surface area contributed by atoms with Crippen LogP contribution < -0.4 is 16.2 Å². The lowest BCUT2D eigenvalue weighted by atomic mass is 9.75. The van der Waals surface area contributed by atoms with E-state index in [0.29, 0.717) is 27.5 Å². The molecule has 4 heterocycles. The first-order valence-corrected chi connectivity index (χ1v) is 14.3. The summed E-state index contributed by atoms with van der Waals surface area (Å²) in [6.07, 6.45) is 7.11. The van der Waals surface area contributed by atoms with Gasteiger partial charge in [-0.1, -0.05) is 23.4 Å². The lowest BCUT2D eigenvalue weighted by Crippen LogP contribution is -2.50. The van der Waals surface area contributed by atoms with Gasteiger partial charge in [0.1, 0.15) is 15.0 Å². The Hall–Kier alpha value is -1.51. The van der Waals surface area contributed by atoms with Crippen LogP contribution in [-0.4, -0.2) is 74.9 Å². The van der Waals surface area contributed by atoms with Crippen molar-refractivity contribution in [1.82, 2.24) is 24.4 Å². The molecule has 2 N–H and O–H groups in total. The van der Waals surface area contributed by atoms with Crippen molar-refractivity contribution in [3.8, 4) is 0 Å². The summed E-state index contributed by atoms with van der Waals surface area (Å²) in [4.78, 5) is 31.8. The molecule has 1 aromatic carbocycles. The molecule has 2 aromatic heterocycles. The third-order valence-corrected chi connectivity index (χ3v) is 9.73. The number of aromatic nitrogens is 4. The summed E-state index contributed by atoms with van der Waals surface area (Å²) >= 11 is 10.4. The van der Waals surface area contributed by atoms with E-state index >= 15 is 0 Å². The van der Waals surface area contributed by atoms with Crippen LogP contribution in [0.15, 0.2) is 45.6 Å². The van der Waals surface area contributed by atoms with Crippen molar-refractivity contribution >= 4 is 62.7 Å². The number of piperidine rings is 1. The number of fused-ring (bicyclic) bond motifs is 1. The fraction of sp³-hybridized carbons (Fsp3) is 0.500. The zero-order valence-corrected chi connectivity index (χ0v) is 24.0. The van der Waals surface area contributed by atoms with Gasteiger partial charge >= 0.3 is 0 Å². The van der Waals surface area contributed by atoms with Crippen LogP contribution >= 0.6 is 46.0 Å². The van der Waals surface area contributed by atoms with Crippen LogP contribution in [0.5, 0.6) is 0 Å². The average Bonchev–Trinajstić information content (AvgIpc) is 3.14. The van der Waals surface area contributed by atoms with Gasteiger partial charge in [0.15, 0.2) is 0 Å². The van der Waals surface area contributed by atoms with E-state index in [-0.39, 0.29) is 21.1 Å². The molecule has 2 saturated heterocycles. The van der Waals surface area contributed by atoms with E-state index in [2.05, 4.69) is 42.4 Å². The Balaban J connectivity index is 1.30. The van der Waals surface area contributed by atoms with Crippen molar-refractivity contribution in [3.05, 3.63) is 46.2 Å². The minimum absolute atomic E-state index is 0.0678. The van der Waals surface area contributed by atoms with Gasteiger partial charge in [-0.2, -0.15) is 0 Å². The van der Waals surface area contributed by atoms with Crippen LogP contribution in [0.4, 0.5) is 5.82 Å².